The average Bonchev–Trinajstić information content (AvgIpc) is 2.98. The Morgan fingerprint density at radius 3 is 2.45 bits per heavy atom. The van der Waals surface area contributed by atoms with Gasteiger partial charge in [0.25, 0.3) is 0 Å². The second-order valence-electron chi connectivity index (χ2n) is 10.0. The molecule has 210 valence electrons. The van der Waals surface area contributed by atoms with E-state index >= 15 is 0 Å². The summed E-state index contributed by atoms with van der Waals surface area (Å²) in [5.41, 5.74) is 3.34. The number of imide groups is 1. The molecule has 0 atom stereocenters. The number of piperazine rings is 1. The quantitative estimate of drug-likeness (QED) is 0.266. The van der Waals surface area contributed by atoms with Gasteiger partial charge in [0.1, 0.15) is 12.4 Å². The molecule has 7 nitrogen and oxygen atoms in total. The van der Waals surface area contributed by atoms with Gasteiger partial charge in [-0.1, -0.05) is 65.7 Å². The van der Waals surface area contributed by atoms with Crippen LogP contribution in [0.4, 0.5) is 16.2 Å². The van der Waals surface area contributed by atoms with Crippen molar-refractivity contribution >= 4 is 46.6 Å². The molecule has 1 saturated heterocycles. The molecule has 5 rings (SSSR count). The first-order valence-electron chi connectivity index (χ1n) is 13.7. The molecule has 9 heteroatoms. The Morgan fingerprint density at radius 2 is 1.65 bits per heavy atom. The van der Waals surface area contributed by atoms with Gasteiger partial charge < -0.3 is 14.4 Å². The number of hydrogen-bond acceptors (Lipinski definition) is 6. The smallest absolute Gasteiger partial charge is 0.421 e. The second kappa shape index (κ2) is 13.4. The first-order chi connectivity index (χ1) is 19.5. The van der Waals surface area contributed by atoms with Crippen LogP contribution in [-0.2, 0) is 22.6 Å². The molecular weight excluding hydrogens is 549 g/mol. The third-order valence-corrected chi connectivity index (χ3v) is 8.13. The van der Waals surface area contributed by atoms with E-state index in [-0.39, 0.29) is 18.9 Å². The van der Waals surface area contributed by atoms with Crippen LogP contribution >= 0.6 is 23.2 Å². The molecule has 2 heterocycles. The standard InChI is InChI=1S/C31H33Cl2N3O4/c32-26-9-6-10-27(30(26)33)35-18-16-34(17-19-35)15-4-5-20-39-25-13-11-24-12-14-29(37)36(28(24)21-25)31(38)40-22-23-7-2-1-3-8-23/h1-3,6-11,13,21H,4-5,12,14-20,22H2. The highest BCUT2D eigenvalue weighted by Gasteiger charge is 2.31. The van der Waals surface area contributed by atoms with Gasteiger partial charge in [0.2, 0.25) is 5.91 Å². The zero-order valence-electron chi connectivity index (χ0n) is 22.4. The van der Waals surface area contributed by atoms with Gasteiger partial charge in [-0.25, -0.2) is 9.69 Å². The van der Waals surface area contributed by atoms with E-state index in [1.807, 2.05) is 60.7 Å². The third-order valence-electron chi connectivity index (χ3n) is 7.32. The monoisotopic (exact) mass is 581 g/mol. The largest absolute Gasteiger partial charge is 0.494 e. The number of halogens is 2. The molecular formula is C31H33Cl2N3O4. The van der Waals surface area contributed by atoms with Gasteiger partial charge >= 0.3 is 6.09 Å². The summed E-state index contributed by atoms with van der Waals surface area (Å²) in [5, 5.41) is 1.20. The number of ether oxygens (including phenoxy) is 2. The van der Waals surface area contributed by atoms with E-state index in [0.717, 1.165) is 67.3 Å². The van der Waals surface area contributed by atoms with Gasteiger partial charge in [0.15, 0.2) is 0 Å². The van der Waals surface area contributed by atoms with Crippen molar-refractivity contribution in [2.24, 2.45) is 0 Å². The van der Waals surface area contributed by atoms with Gasteiger partial charge in [-0.05, 0) is 55.1 Å². The van der Waals surface area contributed by atoms with E-state index in [2.05, 4.69) is 9.80 Å². The van der Waals surface area contributed by atoms with Crippen LogP contribution in [0.3, 0.4) is 0 Å². The molecule has 0 aromatic heterocycles. The van der Waals surface area contributed by atoms with Gasteiger partial charge in [-0.3, -0.25) is 9.69 Å². The molecule has 0 bridgehead atoms. The molecule has 0 aliphatic carbocycles. The van der Waals surface area contributed by atoms with E-state index in [9.17, 15) is 9.59 Å². The molecule has 0 N–H and O–H groups in total. The van der Waals surface area contributed by atoms with Crippen molar-refractivity contribution in [1.29, 1.82) is 0 Å². The summed E-state index contributed by atoms with van der Waals surface area (Å²) in [7, 11) is 0. The number of carbonyl (C=O) groups excluding carboxylic acids is 2. The van der Waals surface area contributed by atoms with Crippen molar-refractivity contribution in [2.75, 3.05) is 49.1 Å². The maximum atomic E-state index is 12.9. The lowest BCUT2D eigenvalue weighted by Crippen LogP contribution is -2.46. The van der Waals surface area contributed by atoms with E-state index in [1.165, 1.54) is 0 Å². The fourth-order valence-electron chi connectivity index (χ4n) is 5.10. The Labute approximate surface area is 245 Å². The van der Waals surface area contributed by atoms with Crippen LogP contribution in [0.1, 0.15) is 30.4 Å². The number of unbranched alkanes of at least 4 members (excludes halogenated alkanes) is 1. The van der Waals surface area contributed by atoms with E-state index in [4.69, 9.17) is 32.7 Å². The number of aryl methyl sites for hydroxylation is 1. The first-order valence-corrected chi connectivity index (χ1v) is 14.5. The Hall–Kier alpha value is -3.26. The highest BCUT2D eigenvalue weighted by molar-refractivity contribution is 6.43. The Balaban J connectivity index is 1.07. The van der Waals surface area contributed by atoms with Crippen LogP contribution in [0.5, 0.6) is 5.75 Å². The van der Waals surface area contributed by atoms with Crippen molar-refractivity contribution in [3.05, 3.63) is 87.9 Å². The Bertz CT molecular complexity index is 1330. The molecule has 40 heavy (non-hydrogen) atoms. The molecule has 0 saturated carbocycles. The third kappa shape index (κ3) is 6.89. The second-order valence-corrected chi connectivity index (χ2v) is 10.8. The zero-order chi connectivity index (χ0) is 27.9. The van der Waals surface area contributed by atoms with Crippen molar-refractivity contribution in [1.82, 2.24) is 4.90 Å². The van der Waals surface area contributed by atoms with Crippen LogP contribution in [0, 0.1) is 0 Å². The number of nitrogens with zero attached hydrogens (tertiary/aromatic N) is 3. The minimum atomic E-state index is -0.662. The molecule has 0 radical (unpaired) electrons. The Kier molecular flexibility index (Phi) is 9.47. The zero-order valence-corrected chi connectivity index (χ0v) is 23.9. The van der Waals surface area contributed by atoms with E-state index in [1.54, 1.807) is 6.07 Å². The number of hydrogen-bond donors (Lipinski definition) is 0. The number of amides is 2. The van der Waals surface area contributed by atoms with Crippen molar-refractivity contribution in [3.8, 4) is 5.75 Å². The van der Waals surface area contributed by atoms with Crippen LogP contribution in [0.15, 0.2) is 66.7 Å². The fraction of sp³-hybridized carbons (Fsp3) is 0.355. The lowest BCUT2D eigenvalue weighted by Gasteiger charge is -2.36. The van der Waals surface area contributed by atoms with E-state index < -0.39 is 6.09 Å². The molecule has 2 aliphatic rings. The molecule has 0 spiro atoms. The van der Waals surface area contributed by atoms with Crippen molar-refractivity contribution in [3.63, 3.8) is 0 Å². The van der Waals surface area contributed by atoms with Crippen LogP contribution in [0.25, 0.3) is 0 Å². The SMILES string of the molecule is O=C1CCc2ccc(OCCCCN3CCN(c4cccc(Cl)c4Cl)CC3)cc2N1C(=O)OCc1ccccc1. The van der Waals surface area contributed by atoms with Gasteiger partial charge in [-0.15, -0.1) is 0 Å². The summed E-state index contributed by atoms with van der Waals surface area (Å²) in [6.45, 7) is 5.43. The molecule has 2 aliphatic heterocycles. The minimum absolute atomic E-state index is 0.110. The average molecular weight is 583 g/mol. The lowest BCUT2D eigenvalue weighted by atomic mass is 10.0. The highest BCUT2D eigenvalue weighted by atomic mass is 35.5. The lowest BCUT2D eigenvalue weighted by molar-refractivity contribution is -0.118. The summed E-state index contributed by atoms with van der Waals surface area (Å²) in [6.07, 6.45) is 2.12. The summed E-state index contributed by atoms with van der Waals surface area (Å²) < 4.78 is 11.5. The van der Waals surface area contributed by atoms with Crippen LogP contribution in [-0.4, -0.2) is 56.2 Å². The predicted molar refractivity (Wildman–Crippen MR) is 159 cm³/mol. The van der Waals surface area contributed by atoms with Crippen molar-refractivity contribution in [2.45, 2.75) is 32.3 Å². The molecule has 3 aromatic rings. The number of carbonyl (C=O) groups is 2. The highest BCUT2D eigenvalue weighted by Crippen LogP contribution is 2.34. The van der Waals surface area contributed by atoms with Gasteiger partial charge in [0.05, 0.1) is 28.0 Å². The number of fused-ring (bicyclic) bond motifs is 1. The molecule has 2 amide bonds. The summed E-state index contributed by atoms with van der Waals surface area (Å²) in [4.78, 5) is 31.4. The molecule has 0 unspecified atom stereocenters. The summed E-state index contributed by atoms with van der Waals surface area (Å²) >= 11 is 12.6. The maximum Gasteiger partial charge on any atom is 0.421 e. The van der Waals surface area contributed by atoms with Crippen LogP contribution < -0.4 is 14.5 Å². The predicted octanol–water partition coefficient (Wildman–Crippen LogP) is 6.59. The fourth-order valence-corrected chi connectivity index (χ4v) is 5.52. The maximum absolute atomic E-state index is 12.9. The molecule has 1 fully saturated rings. The number of benzene rings is 3. The molecule has 3 aromatic carbocycles. The first kappa shape index (κ1) is 28.3. The number of rotatable bonds is 9. The minimum Gasteiger partial charge on any atom is -0.494 e. The Morgan fingerprint density at radius 1 is 0.850 bits per heavy atom. The van der Waals surface area contributed by atoms with E-state index in [0.29, 0.717) is 34.5 Å². The number of anilines is 2. The van der Waals surface area contributed by atoms with Gasteiger partial charge in [-0.2, -0.15) is 0 Å². The van der Waals surface area contributed by atoms with Gasteiger partial charge in [0, 0.05) is 38.7 Å². The van der Waals surface area contributed by atoms with Crippen molar-refractivity contribution < 1.29 is 19.1 Å². The summed E-state index contributed by atoms with van der Waals surface area (Å²) in [5.74, 6) is 0.377. The normalized spacial score (nSPS) is 15.6. The topological polar surface area (TPSA) is 62.3 Å². The van der Waals surface area contributed by atoms with Crippen LogP contribution in [0.2, 0.25) is 10.0 Å². The summed E-state index contributed by atoms with van der Waals surface area (Å²) in [6, 6.07) is 20.8.